The lowest BCUT2D eigenvalue weighted by Gasteiger charge is -2.32. The van der Waals surface area contributed by atoms with Crippen LogP contribution in [-0.4, -0.2) is 35.7 Å². The lowest BCUT2D eigenvalue weighted by molar-refractivity contribution is -0.108. The Morgan fingerprint density at radius 2 is 2.20 bits per heavy atom. The van der Waals surface area contributed by atoms with Gasteiger partial charge in [0, 0.05) is 13.1 Å². The minimum Gasteiger partial charge on any atom is -0.445 e. The summed E-state index contributed by atoms with van der Waals surface area (Å²) in [5.74, 6) is 0.0205. The van der Waals surface area contributed by atoms with E-state index in [1.54, 1.807) is 4.90 Å². The van der Waals surface area contributed by atoms with Gasteiger partial charge in [-0.3, -0.25) is 0 Å². The summed E-state index contributed by atoms with van der Waals surface area (Å²) in [6.07, 6.45) is 2.12. The molecule has 1 heterocycles. The number of amides is 1. The van der Waals surface area contributed by atoms with Crippen LogP contribution in [0.15, 0.2) is 30.3 Å². The first-order valence-electron chi connectivity index (χ1n) is 6.75. The fraction of sp³-hybridized carbons (Fsp3) is 0.467. The van der Waals surface area contributed by atoms with Gasteiger partial charge in [-0.2, -0.15) is 0 Å². The van der Waals surface area contributed by atoms with Gasteiger partial charge in [0.2, 0.25) is 0 Å². The normalized spacial score (nSPS) is 20.2. The van der Waals surface area contributed by atoms with Crippen LogP contribution in [0, 0.1) is 5.92 Å². The maximum atomic E-state index is 12.0. The first kappa shape index (κ1) is 14.9. The zero-order valence-electron chi connectivity index (χ0n) is 11.2. The summed E-state index contributed by atoms with van der Waals surface area (Å²) in [5.41, 5.74) is 0.956. The van der Waals surface area contributed by atoms with Crippen molar-refractivity contribution in [3.05, 3.63) is 35.9 Å². The van der Waals surface area contributed by atoms with Crippen molar-refractivity contribution in [1.82, 2.24) is 4.90 Å². The lowest BCUT2D eigenvalue weighted by atomic mass is 9.95. The molecule has 0 spiro atoms. The minimum absolute atomic E-state index is 0.0205. The van der Waals surface area contributed by atoms with E-state index < -0.39 is 5.38 Å². The second kappa shape index (κ2) is 7.29. The number of nitrogens with zero attached hydrogens (tertiary/aromatic N) is 1. The molecule has 1 saturated heterocycles. The number of hydrogen-bond acceptors (Lipinski definition) is 3. The zero-order valence-corrected chi connectivity index (χ0v) is 12.0. The Bertz CT molecular complexity index is 452. The first-order chi connectivity index (χ1) is 9.70. The van der Waals surface area contributed by atoms with Gasteiger partial charge in [-0.1, -0.05) is 30.3 Å². The van der Waals surface area contributed by atoms with Gasteiger partial charge >= 0.3 is 6.09 Å². The molecule has 1 fully saturated rings. The van der Waals surface area contributed by atoms with E-state index in [1.165, 1.54) is 0 Å². The van der Waals surface area contributed by atoms with Crippen molar-refractivity contribution < 1.29 is 14.3 Å². The van der Waals surface area contributed by atoms with E-state index in [9.17, 15) is 9.59 Å². The second-order valence-corrected chi connectivity index (χ2v) is 5.47. The van der Waals surface area contributed by atoms with Crippen LogP contribution >= 0.6 is 11.6 Å². The fourth-order valence-corrected chi connectivity index (χ4v) is 2.56. The third-order valence-corrected chi connectivity index (χ3v) is 3.96. The van der Waals surface area contributed by atoms with E-state index in [4.69, 9.17) is 16.3 Å². The first-order valence-corrected chi connectivity index (χ1v) is 7.19. The third kappa shape index (κ3) is 3.97. The van der Waals surface area contributed by atoms with E-state index in [0.717, 1.165) is 24.7 Å². The maximum Gasteiger partial charge on any atom is 0.410 e. The van der Waals surface area contributed by atoms with Crippen LogP contribution in [-0.2, 0) is 16.1 Å². The van der Waals surface area contributed by atoms with Crippen molar-refractivity contribution >= 4 is 24.0 Å². The largest absolute Gasteiger partial charge is 0.445 e. The number of halogens is 1. The zero-order chi connectivity index (χ0) is 14.4. The number of likely N-dealkylation sites (tertiary alicyclic amines) is 1. The van der Waals surface area contributed by atoms with Gasteiger partial charge < -0.3 is 14.4 Å². The highest BCUT2D eigenvalue weighted by Gasteiger charge is 2.28. The number of rotatable bonds is 4. The summed E-state index contributed by atoms with van der Waals surface area (Å²) in [6.45, 7) is 1.41. The molecular formula is C15H18ClNO3. The highest BCUT2D eigenvalue weighted by atomic mass is 35.5. The molecule has 108 valence electrons. The molecule has 0 saturated carbocycles. The summed E-state index contributed by atoms with van der Waals surface area (Å²) in [4.78, 5) is 24.4. The Morgan fingerprint density at radius 1 is 1.45 bits per heavy atom. The molecule has 1 aliphatic heterocycles. The highest BCUT2D eigenvalue weighted by Crippen LogP contribution is 2.22. The Kier molecular flexibility index (Phi) is 5.41. The molecule has 1 aliphatic rings. The van der Waals surface area contributed by atoms with E-state index in [2.05, 4.69) is 0 Å². The summed E-state index contributed by atoms with van der Waals surface area (Å²) in [7, 11) is 0. The van der Waals surface area contributed by atoms with E-state index in [0.29, 0.717) is 13.1 Å². The number of alkyl halides is 1. The van der Waals surface area contributed by atoms with E-state index >= 15 is 0 Å². The van der Waals surface area contributed by atoms with Gasteiger partial charge in [0.1, 0.15) is 12.9 Å². The van der Waals surface area contributed by atoms with Crippen molar-refractivity contribution in [1.29, 1.82) is 0 Å². The van der Waals surface area contributed by atoms with Gasteiger partial charge in [-0.25, -0.2) is 4.79 Å². The van der Waals surface area contributed by atoms with Gasteiger partial charge in [0.05, 0.1) is 5.38 Å². The molecule has 2 atom stereocenters. The van der Waals surface area contributed by atoms with Crippen molar-refractivity contribution in [2.75, 3.05) is 13.1 Å². The van der Waals surface area contributed by atoms with Crippen LogP contribution in [0.1, 0.15) is 18.4 Å². The quantitative estimate of drug-likeness (QED) is 0.634. The topological polar surface area (TPSA) is 46.6 Å². The molecule has 4 nitrogen and oxygen atoms in total. The maximum absolute atomic E-state index is 12.0. The monoisotopic (exact) mass is 295 g/mol. The molecule has 1 aromatic rings. The van der Waals surface area contributed by atoms with Crippen LogP contribution in [0.5, 0.6) is 0 Å². The molecule has 0 N–H and O–H groups in total. The number of benzene rings is 1. The molecule has 5 heteroatoms. The average molecular weight is 296 g/mol. The Balaban J connectivity index is 1.84. The number of aldehydes is 1. The summed E-state index contributed by atoms with van der Waals surface area (Å²) >= 11 is 5.94. The van der Waals surface area contributed by atoms with Gasteiger partial charge in [-0.05, 0) is 24.3 Å². The number of carbonyl (C=O) groups excluding carboxylic acids is 2. The van der Waals surface area contributed by atoms with Crippen LogP contribution in [0.3, 0.4) is 0 Å². The minimum atomic E-state index is -0.528. The lowest BCUT2D eigenvalue weighted by Crippen LogP contribution is -2.43. The Hall–Kier alpha value is -1.55. The van der Waals surface area contributed by atoms with Crippen LogP contribution in [0.2, 0.25) is 0 Å². The van der Waals surface area contributed by atoms with Crippen LogP contribution in [0.25, 0.3) is 0 Å². The summed E-state index contributed by atoms with van der Waals surface area (Å²) in [5, 5.41) is -0.528. The molecule has 0 aromatic heterocycles. The molecule has 0 unspecified atom stereocenters. The molecular weight excluding hydrogens is 278 g/mol. The predicted molar refractivity (Wildman–Crippen MR) is 76.6 cm³/mol. The highest BCUT2D eigenvalue weighted by molar-refractivity contribution is 6.27. The molecule has 20 heavy (non-hydrogen) atoms. The van der Waals surface area contributed by atoms with Gasteiger partial charge in [0.15, 0.2) is 0 Å². The van der Waals surface area contributed by atoms with E-state index in [1.807, 2.05) is 30.3 Å². The predicted octanol–water partition coefficient (Wildman–Crippen LogP) is 2.84. The Labute approximate surface area is 123 Å². The third-order valence-electron chi connectivity index (χ3n) is 3.50. The second-order valence-electron chi connectivity index (χ2n) is 4.97. The Morgan fingerprint density at radius 3 is 2.90 bits per heavy atom. The van der Waals surface area contributed by atoms with Crippen LogP contribution in [0.4, 0.5) is 4.79 Å². The number of piperidine rings is 1. The number of hydrogen-bond donors (Lipinski definition) is 0. The molecule has 0 radical (unpaired) electrons. The van der Waals surface area contributed by atoms with Crippen molar-refractivity contribution in [3.63, 3.8) is 0 Å². The molecule has 1 amide bonds. The molecule has 0 bridgehead atoms. The van der Waals surface area contributed by atoms with Gasteiger partial charge in [-0.15, -0.1) is 11.6 Å². The van der Waals surface area contributed by atoms with Gasteiger partial charge in [0.25, 0.3) is 0 Å². The standard InChI is InChI=1S/C15H18ClNO3/c16-14(10-18)13-7-4-8-17(9-13)15(19)20-11-12-5-2-1-3-6-12/h1-3,5-6,10,13-14H,4,7-9,11H2/t13-,14+/m0/s1. The number of ether oxygens (including phenoxy) is 1. The van der Waals surface area contributed by atoms with Crippen molar-refractivity contribution in [2.45, 2.75) is 24.8 Å². The number of carbonyl (C=O) groups is 2. The smallest absolute Gasteiger partial charge is 0.410 e. The fourth-order valence-electron chi connectivity index (χ4n) is 2.36. The van der Waals surface area contributed by atoms with Crippen molar-refractivity contribution in [2.24, 2.45) is 5.92 Å². The molecule has 2 rings (SSSR count). The summed E-state index contributed by atoms with van der Waals surface area (Å²) < 4.78 is 5.28. The molecule has 1 aromatic carbocycles. The average Bonchev–Trinajstić information content (AvgIpc) is 2.53. The SMILES string of the molecule is O=C[C@@H](Cl)[C@H]1CCCN(C(=O)OCc2ccccc2)C1. The van der Waals surface area contributed by atoms with Crippen LogP contribution < -0.4 is 0 Å². The molecule has 0 aliphatic carbocycles. The van der Waals surface area contributed by atoms with Crippen molar-refractivity contribution in [3.8, 4) is 0 Å². The summed E-state index contributed by atoms with van der Waals surface area (Å²) in [6, 6.07) is 9.55. The van der Waals surface area contributed by atoms with E-state index in [-0.39, 0.29) is 18.6 Å².